The van der Waals surface area contributed by atoms with Crippen LogP contribution in [0.25, 0.3) is 11.3 Å². The number of nitrogens with one attached hydrogen (secondary N) is 2. The van der Waals surface area contributed by atoms with Crippen LogP contribution >= 0.6 is 0 Å². The summed E-state index contributed by atoms with van der Waals surface area (Å²) in [4.78, 5) is 9.16. The van der Waals surface area contributed by atoms with E-state index in [-0.39, 0.29) is 5.75 Å². The fraction of sp³-hybridized carbons (Fsp3) is 0.158. The number of anilines is 2. The molecule has 0 fully saturated rings. The SMILES string of the molecule is CNS(=O)c1ccc(-c2ncnc(Nc3ccc(OC(F)(F)F)cc3)c2C)cc1. The monoisotopic (exact) mass is 422 g/mol. The van der Waals surface area contributed by atoms with E-state index in [1.54, 1.807) is 19.2 Å². The molecule has 1 unspecified atom stereocenters. The Balaban J connectivity index is 1.81. The lowest BCUT2D eigenvalue weighted by atomic mass is 10.1. The van der Waals surface area contributed by atoms with E-state index in [2.05, 4.69) is 24.7 Å². The minimum Gasteiger partial charge on any atom is -0.406 e. The number of hydrogen-bond donors (Lipinski definition) is 2. The van der Waals surface area contributed by atoms with Gasteiger partial charge >= 0.3 is 6.36 Å². The third kappa shape index (κ3) is 5.30. The second-order valence-electron chi connectivity index (χ2n) is 5.89. The Kier molecular flexibility index (Phi) is 6.14. The minimum absolute atomic E-state index is 0.304. The summed E-state index contributed by atoms with van der Waals surface area (Å²) in [6.07, 6.45) is -3.34. The second kappa shape index (κ2) is 8.58. The summed E-state index contributed by atoms with van der Waals surface area (Å²) in [6, 6.07) is 12.5. The van der Waals surface area contributed by atoms with Gasteiger partial charge in [-0.25, -0.2) is 18.9 Å². The van der Waals surface area contributed by atoms with Gasteiger partial charge in [-0.3, -0.25) is 0 Å². The van der Waals surface area contributed by atoms with Crippen molar-refractivity contribution in [2.45, 2.75) is 18.2 Å². The van der Waals surface area contributed by atoms with Crippen LogP contribution in [0.3, 0.4) is 0 Å². The molecule has 2 aromatic carbocycles. The summed E-state index contributed by atoms with van der Waals surface area (Å²) in [5.74, 6) is 0.213. The Morgan fingerprint density at radius 3 is 2.24 bits per heavy atom. The van der Waals surface area contributed by atoms with E-state index in [1.165, 1.54) is 30.6 Å². The van der Waals surface area contributed by atoms with Crippen molar-refractivity contribution in [3.63, 3.8) is 0 Å². The molecule has 1 aromatic heterocycles. The van der Waals surface area contributed by atoms with Crippen molar-refractivity contribution in [1.82, 2.24) is 14.7 Å². The highest BCUT2D eigenvalue weighted by Crippen LogP contribution is 2.29. The topological polar surface area (TPSA) is 76.1 Å². The molecule has 0 aliphatic carbocycles. The number of benzene rings is 2. The van der Waals surface area contributed by atoms with Crippen LogP contribution in [0, 0.1) is 6.92 Å². The summed E-state index contributed by atoms with van der Waals surface area (Å²) in [6.45, 7) is 1.83. The van der Waals surface area contributed by atoms with Crippen LogP contribution in [0.15, 0.2) is 59.8 Å². The number of halogens is 3. The maximum absolute atomic E-state index is 12.3. The molecule has 10 heteroatoms. The summed E-state index contributed by atoms with van der Waals surface area (Å²) in [5.41, 5.74) is 2.80. The lowest BCUT2D eigenvalue weighted by Gasteiger charge is -2.13. The number of hydrogen-bond acceptors (Lipinski definition) is 5. The Morgan fingerprint density at radius 2 is 1.66 bits per heavy atom. The number of alkyl halides is 3. The summed E-state index contributed by atoms with van der Waals surface area (Å²) in [5, 5.41) is 3.06. The standard InChI is InChI=1S/C19H17F3N4O2S/c1-12-17(13-3-9-16(10-4-13)29(27)23-2)24-11-25-18(12)26-14-5-7-15(8-6-14)28-19(20,21)22/h3-11,23H,1-2H3,(H,24,25,26). The summed E-state index contributed by atoms with van der Waals surface area (Å²) in [7, 11) is 0.334. The third-order valence-electron chi connectivity index (χ3n) is 3.96. The highest BCUT2D eigenvalue weighted by Gasteiger charge is 2.30. The van der Waals surface area contributed by atoms with Crippen molar-refractivity contribution < 1.29 is 22.1 Å². The number of aromatic nitrogens is 2. The largest absolute Gasteiger partial charge is 0.573 e. The molecule has 0 spiro atoms. The molecule has 0 aliphatic rings. The van der Waals surface area contributed by atoms with Gasteiger partial charge in [-0.2, -0.15) is 0 Å². The van der Waals surface area contributed by atoms with Crippen LogP contribution < -0.4 is 14.8 Å². The lowest BCUT2D eigenvalue weighted by Crippen LogP contribution is -2.17. The van der Waals surface area contributed by atoms with Crippen LogP contribution in [0.2, 0.25) is 0 Å². The molecule has 3 rings (SSSR count). The zero-order valence-corrected chi connectivity index (χ0v) is 16.3. The normalized spacial score (nSPS) is 12.4. The first kappa shape index (κ1) is 20.7. The summed E-state index contributed by atoms with van der Waals surface area (Å²) < 4.78 is 55.1. The number of ether oxygens (including phenoxy) is 1. The van der Waals surface area contributed by atoms with Gasteiger partial charge in [-0.05, 0) is 50.4 Å². The molecule has 1 heterocycles. The van der Waals surface area contributed by atoms with Crippen LogP contribution in [-0.4, -0.2) is 27.6 Å². The van der Waals surface area contributed by atoms with E-state index in [1.807, 2.05) is 19.1 Å². The lowest BCUT2D eigenvalue weighted by molar-refractivity contribution is -0.274. The van der Waals surface area contributed by atoms with Gasteiger partial charge in [0, 0.05) is 16.8 Å². The van der Waals surface area contributed by atoms with Crippen molar-refractivity contribution in [1.29, 1.82) is 0 Å². The molecule has 0 saturated carbocycles. The smallest absolute Gasteiger partial charge is 0.406 e. The minimum atomic E-state index is -4.73. The van der Waals surface area contributed by atoms with Gasteiger partial charge in [0.15, 0.2) is 0 Å². The summed E-state index contributed by atoms with van der Waals surface area (Å²) >= 11 is 0. The Hall–Kier alpha value is -2.98. The molecule has 0 bridgehead atoms. The number of rotatable bonds is 6. The van der Waals surface area contributed by atoms with Crippen molar-refractivity contribution in [2.24, 2.45) is 0 Å². The molecule has 0 radical (unpaired) electrons. The zero-order valence-electron chi connectivity index (χ0n) is 15.4. The second-order valence-corrected chi connectivity index (χ2v) is 7.31. The first-order valence-corrected chi connectivity index (χ1v) is 9.56. The molecular weight excluding hydrogens is 405 g/mol. The average Bonchev–Trinajstić information content (AvgIpc) is 2.69. The van der Waals surface area contributed by atoms with Crippen molar-refractivity contribution >= 4 is 22.5 Å². The molecule has 1 atom stereocenters. The predicted molar refractivity (Wildman–Crippen MR) is 104 cm³/mol. The van der Waals surface area contributed by atoms with E-state index >= 15 is 0 Å². The van der Waals surface area contributed by atoms with Gasteiger partial charge in [0.25, 0.3) is 0 Å². The van der Waals surface area contributed by atoms with Gasteiger partial charge < -0.3 is 10.1 Å². The molecule has 3 aromatic rings. The van der Waals surface area contributed by atoms with Gasteiger partial charge in [-0.1, -0.05) is 12.1 Å². The van der Waals surface area contributed by atoms with Crippen LogP contribution in [-0.2, 0) is 11.0 Å². The van der Waals surface area contributed by atoms with E-state index in [9.17, 15) is 17.4 Å². The maximum Gasteiger partial charge on any atom is 0.573 e. The van der Waals surface area contributed by atoms with Gasteiger partial charge in [0.1, 0.15) is 28.9 Å². The van der Waals surface area contributed by atoms with E-state index in [4.69, 9.17) is 0 Å². The van der Waals surface area contributed by atoms with E-state index in [0.29, 0.717) is 22.1 Å². The average molecular weight is 422 g/mol. The molecule has 6 nitrogen and oxygen atoms in total. The molecule has 0 saturated heterocycles. The van der Waals surface area contributed by atoms with Crippen molar-refractivity contribution in [3.8, 4) is 17.0 Å². The fourth-order valence-corrected chi connectivity index (χ4v) is 3.22. The van der Waals surface area contributed by atoms with Gasteiger partial charge in [-0.15, -0.1) is 13.2 Å². The molecule has 0 aliphatic heterocycles. The Morgan fingerprint density at radius 1 is 1.00 bits per heavy atom. The molecular formula is C19H17F3N4O2S. The van der Waals surface area contributed by atoms with E-state index in [0.717, 1.165) is 11.1 Å². The zero-order chi connectivity index (χ0) is 21.0. The van der Waals surface area contributed by atoms with Crippen LogP contribution in [0.1, 0.15) is 5.56 Å². The van der Waals surface area contributed by atoms with Crippen molar-refractivity contribution in [3.05, 3.63) is 60.4 Å². The maximum atomic E-state index is 12.3. The van der Waals surface area contributed by atoms with E-state index < -0.39 is 17.3 Å². The van der Waals surface area contributed by atoms with Crippen molar-refractivity contribution in [2.75, 3.05) is 12.4 Å². The quantitative estimate of drug-likeness (QED) is 0.618. The van der Waals surface area contributed by atoms with Gasteiger partial charge in [0.05, 0.1) is 10.6 Å². The predicted octanol–water partition coefficient (Wildman–Crippen LogP) is 4.34. The van der Waals surface area contributed by atoms with Crippen LogP contribution in [0.5, 0.6) is 5.75 Å². The van der Waals surface area contributed by atoms with Gasteiger partial charge in [0.2, 0.25) is 0 Å². The first-order chi connectivity index (χ1) is 13.8. The Labute approximate surface area is 167 Å². The first-order valence-electron chi connectivity index (χ1n) is 8.41. The van der Waals surface area contributed by atoms with Crippen LogP contribution in [0.4, 0.5) is 24.7 Å². The highest BCUT2D eigenvalue weighted by molar-refractivity contribution is 7.83. The Bertz CT molecular complexity index is 1010. The highest BCUT2D eigenvalue weighted by atomic mass is 32.2. The third-order valence-corrected chi connectivity index (χ3v) is 5.03. The molecule has 29 heavy (non-hydrogen) atoms. The molecule has 152 valence electrons. The molecule has 2 N–H and O–H groups in total. The number of nitrogens with zero attached hydrogens (tertiary/aromatic N) is 2. The molecule has 0 amide bonds. The fourth-order valence-electron chi connectivity index (χ4n) is 2.60.